The Bertz CT molecular complexity index is 611. The van der Waals surface area contributed by atoms with E-state index in [1.807, 2.05) is 6.92 Å². The Morgan fingerprint density at radius 1 is 1.33 bits per heavy atom. The van der Waals surface area contributed by atoms with Crippen molar-refractivity contribution in [2.75, 3.05) is 0 Å². The van der Waals surface area contributed by atoms with Crippen LogP contribution in [0, 0.1) is 12.8 Å². The normalized spacial score (nSPS) is 14.5. The van der Waals surface area contributed by atoms with Gasteiger partial charge in [-0.25, -0.2) is 13.6 Å². The largest absolute Gasteiger partial charge is 0.350 e. The quantitative estimate of drug-likeness (QED) is 0.844. The number of sulfonamides is 1. The minimum atomic E-state index is -3.81. The third-order valence-corrected chi connectivity index (χ3v) is 4.52. The second-order valence-corrected chi connectivity index (χ2v) is 7.21. The molecule has 5 nitrogen and oxygen atoms in total. The number of hydrogen-bond donors (Lipinski definition) is 2. The SMILES string of the molecule is CCC(C)CC(C)NC(=O)c1cc(S(N)(=O)=O)ccc1C. The minimum absolute atomic E-state index is 0.0324. The summed E-state index contributed by atoms with van der Waals surface area (Å²) in [6, 6.07) is 4.36. The summed E-state index contributed by atoms with van der Waals surface area (Å²) < 4.78 is 22.7. The van der Waals surface area contributed by atoms with Gasteiger partial charge in [0, 0.05) is 11.6 Å². The third-order valence-electron chi connectivity index (χ3n) is 3.61. The molecule has 0 heterocycles. The van der Waals surface area contributed by atoms with E-state index in [1.165, 1.54) is 12.1 Å². The van der Waals surface area contributed by atoms with Crippen molar-refractivity contribution in [3.63, 3.8) is 0 Å². The van der Waals surface area contributed by atoms with E-state index < -0.39 is 10.0 Å². The first kappa shape index (κ1) is 17.7. The van der Waals surface area contributed by atoms with Gasteiger partial charge in [-0.1, -0.05) is 26.3 Å². The number of nitrogens with one attached hydrogen (secondary N) is 1. The molecule has 1 amide bonds. The Balaban J connectivity index is 2.92. The molecule has 0 aliphatic rings. The molecule has 3 N–H and O–H groups in total. The van der Waals surface area contributed by atoms with Crippen molar-refractivity contribution in [3.05, 3.63) is 29.3 Å². The topological polar surface area (TPSA) is 89.3 Å². The standard InChI is InChI=1S/C15H24N2O3S/c1-5-10(2)8-12(4)17-15(18)14-9-13(21(16,19)20)7-6-11(14)3/h6-7,9-10,12H,5,8H2,1-4H3,(H,17,18)(H2,16,19,20). The van der Waals surface area contributed by atoms with Gasteiger partial charge in [0.05, 0.1) is 4.90 Å². The number of aryl methyl sites for hydroxylation is 1. The van der Waals surface area contributed by atoms with Crippen LogP contribution < -0.4 is 10.5 Å². The Morgan fingerprint density at radius 3 is 2.48 bits per heavy atom. The van der Waals surface area contributed by atoms with Crippen LogP contribution in [0.15, 0.2) is 23.1 Å². The molecule has 2 atom stereocenters. The molecule has 0 saturated heterocycles. The summed E-state index contributed by atoms with van der Waals surface area (Å²) in [5.74, 6) is 0.256. The molecule has 0 aliphatic carbocycles. The zero-order valence-electron chi connectivity index (χ0n) is 13.0. The van der Waals surface area contributed by atoms with Gasteiger partial charge < -0.3 is 5.32 Å². The van der Waals surface area contributed by atoms with Gasteiger partial charge in [0.2, 0.25) is 10.0 Å². The van der Waals surface area contributed by atoms with Crippen molar-refractivity contribution < 1.29 is 13.2 Å². The smallest absolute Gasteiger partial charge is 0.251 e. The van der Waals surface area contributed by atoms with Crippen molar-refractivity contribution in [1.82, 2.24) is 5.32 Å². The van der Waals surface area contributed by atoms with Crippen LogP contribution in [-0.2, 0) is 10.0 Å². The van der Waals surface area contributed by atoms with E-state index in [2.05, 4.69) is 19.2 Å². The average Bonchev–Trinajstić information content (AvgIpc) is 2.37. The highest BCUT2D eigenvalue weighted by molar-refractivity contribution is 7.89. The number of rotatable bonds is 6. The molecule has 0 fully saturated rings. The van der Waals surface area contributed by atoms with Gasteiger partial charge in [-0.05, 0) is 43.9 Å². The fourth-order valence-corrected chi connectivity index (χ4v) is 2.69. The molecule has 0 aromatic heterocycles. The molecule has 21 heavy (non-hydrogen) atoms. The van der Waals surface area contributed by atoms with Gasteiger partial charge in [0.25, 0.3) is 5.91 Å². The van der Waals surface area contributed by atoms with E-state index in [0.717, 1.165) is 18.4 Å². The monoisotopic (exact) mass is 312 g/mol. The maximum atomic E-state index is 12.3. The van der Waals surface area contributed by atoms with Gasteiger partial charge in [-0.3, -0.25) is 4.79 Å². The van der Waals surface area contributed by atoms with E-state index in [0.29, 0.717) is 11.5 Å². The lowest BCUT2D eigenvalue weighted by molar-refractivity contribution is 0.0934. The van der Waals surface area contributed by atoms with Crippen molar-refractivity contribution in [2.45, 2.75) is 51.5 Å². The van der Waals surface area contributed by atoms with Gasteiger partial charge >= 0.3 is 0 Å². The van der Waals surface area contributed by atoms with Gasteiger partial charge in [0.15, 0.2) is 0 Å². The van der Waals surface area contributed by atoms with Crippen molar-refractivity contribution in [3.8, 4) is 0 Å². The van der Waals surface area contributed by atoms with E-state index in [1.54, 1.807) is 13.0 Å². The summed E-state index contributed by atoms with van der Waals surface area (Å²) in [7, 11) is -3.81. The van der Waals surface area contributed by atoms with Crippen LogP contribution in [-0.4, -0.2) is 20.4 Å². The van der Waals surface area contributed by atoms with Crippen molar-refractivity contribution >= 4 is 15.9 Å². The van der Waals surface area contributed by atoms with Crippen molar-refractivity contribution in [1.29, 1.82) is 0 Å². The predicted octanol–water partition coefficient (Wildman–Crippen LogP) is 2.20. The molecular weight excluding hydrogens is 288 g/mol. The zero-order chi connectivity index (χ0) is 16.2. The highest BCUT2D eigenvalue weighted by Gasteiger charge is 2.17. The number of carbonyl (C=O) groups excluding carboxylic acids is 1. The van der Waals surface area contributed by atoms with Gasteiger partial charge in [-0.15, -0.1) is 0 Å². The van der Waals surface area contributed by atoms with Crippen LogP contribution in [0.25, 0.3) is 0 Å². The number of primary sulfonamides is 1. The summed E-state index contributed by atoms with van der Waals surface area (Å²) in [5.41, 5.74) is 1.06. The van der Waals surface area contributed by atoms with E-state index in [4.69, 9.17) is 5.14 Å². The summed E-state index contributed by atoms with van der Waals surface area (Å²) in [4.78, 5) is 12.2. The summed E-state index contributed by atoms with van der Waals surface area (Å²) in [6.45, 7) is 7.96. The van der Waals surface area contributed by atoms with Gasteiger partial charge in [-0.2, -0.15) is 0 Å². The second kappa shape index (κ2) is 7.04. The Morgan fingerprint density at radius 2 is 1.95 bits per heavy atom. The van der Waals surface area contributed by atoms with E-state index in [9.17, 15) is 13.2 Å². The van der Waals surface area contributed by atoms with Crippen molar-refractivity contribution in [2.24, 2.45) is 11.1 Å². The van der Waals surface area contributed by atoms with Crippen LogP contribution in [0.2, 0.25) is 0 Å². The van der Waals surface area contributed by atoms with Crippen LogP contribution in [0.4, 0.5) is 0 Å². The van der Waals surface area contributed by atoms with Crippen LogP contribution >= 0.6 is 0 Å². The second-order valence-electron chi connectivity index (χ2n) is 5.65. The molecule has 0 spiro atoms. The number of amides is 1. The molecule has 0 bridgehead atoms. The van der Waals surface area contributed by atoms with Crippen LogP contribution in [0.5, 0.6) is 0 Å². The average molecular weight is 312 g/mol. The molecule has 0 aliphatic heterocycles. The molecule has 1 aromatic rings. The fraction of sp³-hybridized carbons (Fsp3) is 0.533. The first-order valence-electron chi connectivity index (χ1n) is 7.09. The first-order chi connectivity index (χ1) is 9.65. The minimum Gasteiger partial charge on any atom is -0.350 e. The molecule has 0 saturated carbocycles. The Labute approximate surface area is 127 Å². The third kappa shape index (κ3) is 5.13. The maximum absolute atomic E-state index is 12.3. The first-order valence-corrected chi connectivity index (χ1v) is 8.64. The zero-order valence-corrected chi connectivity index (χ0v) is 13.8. The van der Waals surface area contributed by atoms with Crippen LogP contribution in [0.1, 0.15) is 49.5 Å². The molecule has 1 rings (SSSR count). The number of carbonyl (C=O) groups is 1. The summed E-state index contributed by atoms with van der Waals surface area (Å²) in [5, 5.41) is 8.01. The highest BCUT2D eigenvalue weighted by Crippen LogP contribution is 2.16. The molecule has 1 aromatic carbocycles. The summed E-state index contributed by atoms with van der Waals surface area (Å²) in [6.07, 6.45) is 1.94. The number of benzene rings is 1. The predicted molar refractivity (Wildman–Crippen MR) is 83.6 cm³/mol. The lowest BCUT2D eigenvalue weighted by atomic mass is 10.00. The number of nitrogens with two attached hydrogens (primary N) is 1. The highest BCUT2D eigenvalue weighted by atomic mass is 32.2. The maximum Gasteiger partial charge on any atom is 0.251 e. The van der Waals surface area contributed by atoms with Gasteiger partial charge in [0.1, 0.15) is 0 Å². The number of hydrogen-bond acceptors (Lipinski definition) is 3. The summed E-state index contributed by atoms with van der Waals surface area (Å²) >= 11 is 0. The Hall–Kier alpha value is -1.40. The Kier molecular flexibility index (Phi) is 5.92. The van der Waals surface area contributed by atoms with E-state index in [-0.39, 0.29) is 16.8 Å². The lowest BCUT2D eigenvalue weighted by Gasteiger charge is -2.18. The molecule has 6 heteroatoms. The fourth-order valence-electron chi connectivity index (χ4n) is 2.15. The molecular formula is C15H24N2O3S. The molecule has 2 unspecified atom stereocenters. The van der Waals surface area contributed by atoms with E-state index >= 15 is 0 Å². The van der Waals surface area contributed by atoms with Crippen LogP contribution in [0.3, 0.4) is 0 Å². The molecule has 0 radical (unpaired) electrons. The molecule has 118 valence electrons. The lowest BCUT2D eigenvalue weighted by Crippen LogP contribution is -2.34.